The number of rotatable bonds is 8. The van der Waals surface area contributed by atoms with E-state index in [1.165, 1.54) is 0 Å². The first-order valence-corrected chi connectivity index (χ1v) is 11.2. The van der Waals surface area contributed by atoms with Gasteiger partial charge < -0.3 is 16.0 Å². The van der Waals surface area contributed by atoms with Crippen LogP contribution >= 0.6 is 0 Å². The molecule has 8 heteroatoms. The highest BCUT2D eigenvalue weighted by molar-refractivity contribution is 7.89. The summed E-state index contributed by atoms with van der Waals surface area (Å²) in [5, 5.41) is 8.31. The molecule has 0 saturated carbocycles. The Morgan fingerprint density at radius 3 is 2.17 bits per heavy atom. The fourth-order valence-electron chi connectivity index (χ4n) is 3.08. The lowest BCUT2D eigenvalue weighted by molar-refractivity contribution is -0.122. The summed E-state index contributed by atoms with van der Waals surface area (Å²) < 4.78 is 23.1. The number of aryl methyl sites for hydroxylation is 3. The minimum atomic E-state index is -3.19. The smallest absolute Gasteiger partial charge is 0.243 e. The van der Waals surface area contributed by atoms with Crippen molar-refractivity contribution in [2.75, 3.05) is 30.0 Å². The van der Waals surface area contributed by atoms with Gasteiger partial charge in [0, 0.05) is 17.6 Å². The Labute approximate surface area is 171 Å². The maximum Gasteiger partial charge on any atom is 0.243 e. The van der Waals surface area contributed by atoms with Gasteiger partial charge >= 0.3 is 0 Å². The normalized spacial score (nSPS) is 11.0. The van der Waals surface area contributed by atoms with Crippen molar-refractivity contribution in [2.24, 2.45) is 0 Å². The van der Waals surface area contributed by atoms with Gasteiger partial charge in [-0.1, -0.05) is 35.9 Å². The quantitative estimate of drug-likeness (QED) is 0.611. The molecule has 0 spiro atoms. The predicted octanol–water partition coefficient (Wildman–Crippen LogP) is 2.32. The summed E-state index contributed by atoms with van der Waals surface area (Å²) in [7, 11) is -3.19. The molecule has 0 bridgehead atoms. The number of amides is 2. The van der Waals surface area contributed by atoms with Crippen molar-refractivity contribution in [3.05, 3.63) is 58.7 Å². The Morgan fingerprint density at radius 1 is 0.931 bits per heavy atom. The second-order valence-corrected chi connectivity index (χ2v) is 9.32. The van der Waals surface area contributed by atoms with Gasteiger partial charge in [0.1, 0.15) is 0 Å². The van der Waals surface area contributed by atoms with E-state index in [1.807, 2.05) is 32.9 Å². The zero-order chi connectivity index (χ0) is 21.6. The summed E-state index contributed by atoms with van der Waals surface area (Å²) in [5.41, 5.74) is 4.96. The standard InChI is InChI=1S/C21H27N3O4S/c1-14-9-15(2)21(16(3)10-14)24-20(26)12-23-19(25)11-22-18-8-6-5-7-17(18)13-29(4,27)28/h5-10,22H,11-13H2,1-4H3,(H,23,25)(H,24,26). The van der Waals surface area contributed by atoms with E-state index in [0.717, 1.165) is 28.6 Å². The van der Waals surface area contributed by atoms with Crippen molar-refractivity contribution in [1.82, 2.24) is 5.32 Å². The molecule has 0 unspecified atom stereocenters. The maximum absolute atomic E-state index is 12.2. The highest BCUT2D eigenvalue weighted by Crippen LogP contribution is 2.21. The number of anilines is 2. The van der Waals surface area contributed by atoms with Gasteiger partial charge in [0.2, 0.25) is 11.8 Å². The lowest BCUT2D eigenvalue weighted by Crippen LogP contribution is -2.36. The minimum Gasteiger partial charge on any atom is -0.376 e. The van der Waals surface area contributed by atoms with Crippen molar-refractivity contribution in [3.63, 3.8) is 0 Å². The highest BCUT2D eigenvalue weighted by atomic mass is 32.2. The second-order valence-electron chi connectivity index (χ2n) is 7.18. The van der Waals surface area contributed by atoms with E-state index >= 15 is 0 Å². The van der Waals surface area contributed by atoms with E-state index in [4.69, 9.17) is 0 Å². The monoisotopic (exact) mass is 417 g/mol. The van der Waals surface area contributed by atoms with Crippen molar-refractivity contribution in [3.8, 4) is 0 Å². The van der Waals surface area contributed by atoms with Gasteiger partial charge in [0.05, 0.1) is 18.8 Å². The third kappa shape index (κ3) is 7.23. The van der Waals surface area contributed by atoms with Crippen LogP contribution in [0.1, 0.15) is 22.3 Å². The van der Waals surface area contributed by atoms with Gasteiger partial charge in [-0.25, -0.2) is 8.42 Å². The van der Waals surface area contributed by atoms with Crippen LogP contribution in [0.5, 0.6) is 0 Å². The number of hydrogen-bond acceptors (Lipinski definition) is 5. The first-order chi connectivity index (χ1) is 13.5. The molecule has 0 aliphatic heterocycles. The summed E-state index contributed by atoms with van der Waals surface area (Å²) in [6, 6.07) is 10.9. The Kier molecular flexibility index (Phi) is 7.39. The molecular weight excluding hydrogens is 390 g/mol. The van der Waals surface area contributed by atoms with Gasteiger partial charge in [-0.05, 0) is 43.5 Å². The average Bonchev–Trinajstić information content (AvgIpc) is 2.61. The van der Waals surface area contributed by atoms with E-state index in [-0.39, 0.29) is 30.7 Å². The Bertz CT molecular complexity index is 993. The molecule has 0 aliphatic rings. The first-order valence-electron chi connectivity index (χ1n) is 9.19. The molecule has 2 amide bonds. The zero-order valence-electron chi connectivity index (χ0n) is 17.1. The fraction of sp³-hybridized carbons (Fsp3) is 0.333. The van der Waals surface area contributed by atoms with Crippen LogP contribution in [0, 0.1) is 20.8 Å². The number of carbonyl (C=O) groups is 2. The average molecular weight is 418 g/mol. The highest BCUT2D eigenvalue weighted by Gasteiger charge is 2.12. The van der Waals surface area contributed by atoms with Crippen LogP contribution in [0.25, 0.3) is 0 Å². The third-order valence-electron chi connectivity index (χ3n) is 4.26. The summed E-state index contributed by atoms with van der Waals surface area (Å²) in [6.07, 6.45) is 1.16. The van der Waals surface area contributed by atoms with Crippen molar-refractivity contribution >= 4 is 33.0 Å². The van der Waals surface area contributed by atoms with E-state index in [0.29, 0.717) is 11.3 Å². The second kappa shape index (κ2) is 9.56. The van der Waals surface area contributed by atoms with E-state index in [2.05, 4.69) is 16.0 Å². The number of carbonyl (C=O) groups excluding carboxylic acids is 2. The van der Waals surface area contributed by atoms with Crippen molar-refractivity contribution < 1.29 is 18.0 Å². The van der Waals surface area contributed by atoms with Gasteiger partial charge in [-0.2, -0.15) is 0 Å². The van der Waals surface area contributed by atoms with Gasteiger partial charge in [-0.15, -0.1) is 0 Å². The minimum absolute atomic E-state index is 0.0728. The Morgan fingerprint density at radius 2 is 1.55 bits per heavy atom. The molecule has 3 N–H and O–H groups in total. The molecule has 29 heavy (non-hydrogen) atoms. The van der Waals surface area contributed by atoms with Gasteiger partial charge in [0.25, 0.3) is 0 Å². The van der Waals surface area contributed by atoms with Crippen molar-refractivity contribution in [1.29, 1.82) is 0 Å². The Hall–Kier alpha value is -2.87. The SMILES string of the molecule is Cc1cc(C)c(NC(=O)CNC(=O)CNc2ccccc2CS(C)(=O)=O)c(C)c1. The molecular formula is C21H27N3O4S. The molecule has 0 aromatic heterocycles. The number of hydrogen-bond donors (Lipinski definition) is 3. The molecule has 156 valence electrons. The number of benzene rings is 2. The maximum atomic E-state index is 12.2. The van der Waals surface area contributed by atoms with Crippen LogP contribution in [0.4, 0.5) is 11.4 Å². The molecule has 2 aromatic carbocycles. The lowest BCUT2D eigenvalue weighted by atomic mass is 10.1. The van der Waals surface area contributed by atoms with Crippen LogP contribution in [-0.4, -0.2) is 39.6 Å². The van der Waals surface area contributed by atoms with Gasteiger partial charge in [0.15, 0.2) is 9.84 Å². The lowest BCUT2D eigenvalue weighted by Gasteiger charge is -2.14. The Balaban J connectivity index is 1.87. The van der Waals surface area contributed by atoms with Crippen LogP contribution in [-0.2, 0) is 25.2 Å². The molecule has 2 rings (SSSR count). The summed E-state index contributed by atoms with van der Waals surface area (Å²) >= 11 is 0. The molecule has 0 aliphatic carbocycles. The van der Waals surface area contributed by atoms with Crippen LogP contribution in [0.2, 0.25) is 0 Å². The molecule has 0 fully saturated rings. The molecule has 7 nitrogen and oxygen atoms in total. The van der Waals surface area contributed by atoms with Crippen LogP contribution in [0.3, 0.4) is 0 Å². The summed E-state index contributed by atoms with van der Waals surface area (Å²) in [4.78, 5) is 24.3. The largest absolute Gasteiger partial charge is 0.376 e. The van der Waals surface area contributed by atoms with Crippen LogP contribution < -0.4 is 16.0 Å². The molecule has 0 heterocycles. The first kappa shape index (κ1) is 22.4. The molecule has 0 radical (unpaired) electrons. The topological polar surface area (TPSA) is 104 Å². The van der Waals surface area contributed by atoms with E-state index in [1.54, 1.807) is 24.3 Å². The van der Waals surface area contributed by atoms with Gasteiger partial charge in [-0.3, -0.25) is 9.59 Å². The van der Waals surface area contributed by atoms with Crippen molar-refractivity contribution in [2.45, 2.75) is 26.5 Å². The van der Waals surface area contributed by atoms with E-state index < -0.39 is 9.84 Å². The summed E-state index contributed by atoms with van der Waals surface area (Å²) in [6.45, 7) is 5.61. The fourth-order valence-corrected chi connectivity index (χ4v) is 3.90. The van der Waals surface area contributed by atoms with E-state index in [9.17, 15) is 18.0 Å². The summed E-state index contributed by atoms with van der Waals surface area (Å²) in [5.74, 6) is -0.798. The zero-order valence-corrected chi connectivity index (χ0v) is 17.9. The molecule has 0 atom stereocenters. The number of nitrogens with one attached hydrogen (secondary N) is 3. The molecule has 0 saturated heterocycles. The third-order valence-corrected chi connectivity index (χ3v) is 5.10. The number of sulfone groups is 1. The van der Waals surface area contributed by atoms with Crippen LogP contribution in [0.15, 0.2) is 36.4 Å². The predicted molar refractivity (Wildman–Crippen MR) is 116 cm³/mol. The number of para-hydroxylation sites is 1. The molecule has 2 aromatic rings.